The van der Waals surface area contributed by atoms with Crippen molar-refractivity contribution in [2.24, 2.45) is 17.3 Å². The second kappa shape index (κ2) is 5.95. The molecular weight excluding hydrogens is 332 g/mol. The van der Waals surface area contributed by atoms with Gasteiger partial charge in [-0.3, -0.25) is 0 Å². The Morgan fingerprint density at radius 3 is 2.16 bits per heavy atom. The average molecular weight is 367 g/mol. The third-order valence-electron chi connectivity index (χ3n) is 8.56. The lowest BCUT2D eigenvalue weighted by molar-refractivity contribution is 0.0913. The second-order valence-electron chi connectivity index (χ2n) is 9.85. The Hall–Kier alpha value is -0.0900. The van der Waals surface area contributed by atoms with Crippen LogP contribution >= 0.6 is 0 Å². The molecule has 5 rings (SSSR count). The van der Waals surface area contributed by atoms with Crippen molar-refractivity contribution in [2.75, 3.05) is 5.75 Å². The van der Waals surface area contributed by atoms with Crippen LogP contribution in [0.5, 0.6) is 0 Å². The van der Waals surface area contributed by atoms with E-state index in [1.807, 2.05) is 0 Å². The Bertz CT molecular complexity index is 615. The van der Waals surface area contributed by atoms with Gasteiger partial charge >= 0.3 is 0 Å². The summed E-state index contributed by atoms with van der Waals surface area (Å²) in [7, 11) is -2.99. The van der Waals surface area contributed by atoms with Crippen LogP contribution in [-0.2, 0) is 14.6 Å². The molecule has 2 aliphatic heterocycles. The quantitative estimate of drug-likeness (QED) is 0.635. The summed E-state index contributed by atoms with van der Waals surface area (Å²) in [4.78, 5) is 0. The molecule has 142 valence electrons. The highest BCUT2D eigenvalue weighted by molar-refractivity contribution is 7.92. The van der Waals surface area contributed by atoms with E-state index >= 15 is 0 Å². The van der Waals surface area contributed by atoms with Crippen LogP contribution in [0, 0.1) is 17.3 Å². The van der Waals surface area contributed by atoms with E-state index in [2.05, 4.69) is 0 Å². The van der Waals surface area contributed by atoms with Crippen molar-refractivity contribution in [1.82, 2.24) is 0 Å². The molecule has 2 saturated heterocycles. The van der Waals surface area contributed by atoms with Gasteiger partial charge in [-0.05, 0) is 44.4 Å². The molecule has 0 N–H and O–H groups in total. The normalized spacial score (nSPS) is 46.0. The maximum absolute atomic E-state index is 13.4. The van der Waals surface area contributed by atoms with Gasteiger partial charge in [-0.15, -0.1) is 0 Å². The molecule has 0 aromatic heterocycles. The first-order valence-electron chi connectivity index (χ1n) is 11.0. The third-order valence-corrected chi connectivity index (χ3v) is 11.0. The van der Waals surface area contributed by atoms with Gasteiger partial charge < -0.3 is 4.74 Å². The fourth-order valence-corrected chi connectivity index (χ4v) is 10.3. The van der Waals surface area contributed by atoms with E-state index in [4.69, 9.17) is 4.74 Å². The average Bonchev–Trinajstić information content (AvgIpc) is 3.41. The Morgan fingerprint density at radius 1 is 0.760 bits per heavy atom. The number of rotatable bonds is 1. The van der Waals surface area contributed by atoms with Crippen molar-refractivity contribution in [3.63, 3.8) is 0 Å². The van der Waals surface area contributed by atoms with Crippen molar-refractivity contribution in [2.45, 2.75) is 107 Å². The summed E-state index contributed by atoms with van der Waals surface area (Å²) in [6.45, 7) is 0. The molecule has 4 heteroatoms. The van der Waals surface area contributed by atoms with E-state index in [1.54, 1.807) is 0 Å². The highest BCUT2D eigenvalue weighted by Gasteiger charge is 2.75. The molecule has 0 aromatic carbocycles. The fourth-order valence-electron chi connectivity index (χ4n) is 7.51. The van der Waals surface area contributed by atoms with Crippen LogP contribution in [-0.4, -0.2) is 31.1 Å². The Morgan fingerprint density at radius 2 is 1.40 bits per heavy atom. The molecule has 0 bridgehead atoms. The smallest absolute Gasteiger partial charge is 0.154 e. The molecule has 0 radical (unpaired) electrons. The van der Waals surface area contributed by atoms with Crippen LogP contribution in [0.2, 0.25) is 0 Å². The number of sulfone groups is 1. The first-order valence-corrected chi connectivity index (χ1v) is 12.7. The minimum Gasteiger partial charge on any atom is -0.365 e. The summed E-state index contributed by atoms with van der Waals surface area (Å²) in [5.41, 5.74) is -0.113. The van der Waals surface area contributed by atoms with Gasteiger partial charge in [0, 0.05) is 11.3 Å². The number of epoxide rings is 1. The van der Waals surface area contributed by atoms with Gasteiger partial charge in [0.25, 0.3) is 0 Å². The zero-order valence-electron chi connectivity index (χ0n) is 15.5. The summed E-state index contributed by atoms with van der Waals surface area (Å²) in [6, 6.07) is 0. The van der Waals surface area contributed by atoms with E-state index < -0.39 is 9.84 Å². The number of hydrogen-bond donors (Lipinski definition) is 0. The summed E-state index contributed by atoms with van der Waals surface area (Å²) in [5, 5.41) is -0.102. The molecule has 0 aromatic rings. The molecule has 4 atom stereocenters. The maximum Gasteiger partial charge on any atom is 0.154 e. The molecule has 4 unspecified atom stereocenters. The molecule has 3 nitrogen and oxygen atoms in total. The highest BCUT2D eigenvalue weighted by Crippen LogP contribution is 2.67. The van der Waals surface area contributed by atoms with Gasteiger partial charge in [0.1, 0.15) is 5.60 Å². The molecule has 0 amide bonds. The van der Waals surface area contributed by atoms with Gasteiger partial charge in [0.2, 0.25) is 0 Å². The number of fused-ring (bicyclic) bond motifs is 4. The monoisotopic (exact) mass is 366 g/mol. The molecule has 5 fully saturated rings. The van der Waals surface area contributed by atoms with Gasteiger partial charge in [-0.1, -0.05) is 51.4 Å². The highest BCUT2D eigenvalue weighted by atomic mass is 32.2. The molecule has 2 heterocycles. The molecule has 1 spiro atoms. The standard InChI is InChI=1S/C21H34O3S/c22-25(23)15-20(13-7-2-8-14-20)19-21(24-19,16-9-3-1-4-10-16)17-11-5-6-12-18(17)25/h16-19H,1-15H2. The van der Waals surface area contributed by atoms with Crippen LogP contribution in [0.4, 0.5) is 0 Å². The predicted molar refractivity (Wildman–Crippen MR) is 99.2 cm³/mol. The number of hydrogen-bond acceptors (Lipinski definition) is 3. The summed E-state index contributed by atoms with van der Waals surface area (Å²) >= 11 is 0. The van der Waals surface area contributed by atoms with Crippen molar-refractivity contribution in [3.05, 3.63) is 0 Å². The lowest BCUT2D eigenvalue weighted by Gasteiger charge is -2.39. The number of ether oxygens (including phenoxy) is 1. The van der Waals surface area contributed by atoms with Crippen LogP contribution < -0.4 is 0 Å². The second-order valence-corrected chi connectivity index (χ2v) is 12.1. The minimum atomic E-state index is -2.99. The minimum absolute atomic E-state index is 0.0497. The Balaban J connectivity index is 1.59. The van der Waals surface area contributed by atoms with E-state index in [0.717, 1.165) is 32.1 Å². The zero-order valence-corrected chi connectivity index (χ0v) is 16.4. The van der Waals surface area contributed by atoms with Crippen LogP contribution in [0.25, 0.3) is 0 Å². The summed E-state index contributed by atoms with van der Waals surface area (Å²) < 4.78 is 33.7. The van der Waals surface area contributed by atoms with Crippen LogP contribution in [0.3, 0.4) is 0 Å². The van der Waals surface area contributed by atoms with E-state index in [0.29, 0.717) is 17.6 Å². The van der Waals surface area contributed by atoms with Gasteiger partial charge in [-0.2, -0.15) is 0 Å². The van der Waals surface area contributed by atoms with Gasteiger partial charge in [0.15, 0.2) is 9.84 Å². The largest absolute Gasteiger partial charge is 0.365 e. The van der Waals surface area contributed by atoms with Crippen molar-refractivity contribution >= 4 is 9.84 Å². The Labute approximate surface area is 153 Å². The van der Waals surface area contributed by atoms with Crippen molar-refractivity contribution in [3.8, 4) is 0 Å². The molecule has 5 aliphatic rings. The van der Waals surface area contributed by atoms with Crippen LogP contribution in [0.1, 0.15) is 89.9 Å². The topological polar surface area (TPSA) is 46.7 Å². The lowest BCUT2D eigenvalue weighted by Crippen LogP contribution is -2.46. The molecule has 3 saturated carbocycles. The molecular formula is C21H34O3S. The molecule has 3 aliphatic carbocycles. The van der Waals surface area contributed by atoms with Crippen molar-refractivity contribution in [1.29, 1.82) is 0 Å². The van der Waals surface area contributed by atoms with E-state index in [9.17, 15) is 8.42 Å². The predicted octanol–water partition coefficient (Wildman–Crippen LogP) is 4.64. The van der Waals surface area contributed by atoms with E-state index in [-0.39, 0.29) is 22.4 Å². The van der Waals surface area contributed by atoms with Crippen LogP contribution in [0.15, 0.2) is 0 Å². The van der Waals surface area contributed by atoms with Crippen molar-refractivity contribution < 1.29 is 13.2 Å². The fraction of sp³-hybridized carbons (Fsp3) is 1.00. The zero-order chi connectivity index (χ0) is 17.1. The maximum atomic E-state index is 13.4. The molecule has 25 heavy (non-hydrogen) atoms. The van der Waals surface area contributed by atoms with Gasteiger partial charge in [-0.25, -0.2) is 8.42 Å². The summed E-state index contributed by atoms with van der Waals surface area (Å²) in [5.74, 6) is 1.35. The first-order chi connectivity index (χ1) is 12.1. The van der Waals surface area contributed by atoms with Gasteiger partial charge in [0.05, 0.1) is 17.1 Å². The van der Waals surface area contributed by atoms with E-state index in [1.165, 1.54) is 57.8 Å². The SMILES string of the molecule is O=S1(=O)CC2(CCCCC2)C2OC2(C2CCCCC2)C2CCCCC21. The third kappa shape index (κ3) is 2.49. The Kier molecular flexibility index (Phi) is 4.06. The lowest BCUT2D eigenvalue weighted by atomic mass is 9.61. The summed E-state index contributed by atoms with van der Waals surface area (Å²) in [6.07, 6.45) is 16.9. The first kappa shape index (κ1) is 17.0.